The van der Waals surface area contributed by atoms with Crippen molar-refractivity contribution in [1.82, 2.24) is 14.8 Å². The fourth-order valence-electron chi connectivity index (χ4n) is 2.83. The first-order chi connectivity index (χ1) is 10.8. The summed E-state index contributed by atoms with van der Waals surface area (Å²) in [6, 6.07) is 3.81. The van der Waals surface area contributed by atoms with Crippen molar-refractivity contribution < 1.29 is 9.21 Å². The number of thiazole rings is 1. The molecular weight excluding hydrogens is 298 g/mol. The molecule has 2 fully saturated rings. The zero-order chi connectivity index (χ0) is 14.9. The monoisotopic (exact) mass is 317 g/mol. The maximum absolute atomic E-state index is 12.0. The maximum Gasteiger partial charge on any atom is 0.225 e. The molecule has 4 rings (SSSR count). The smallest absolute Gasteiger partial charge is 0.225 e. The summed E-state index contributed by atoms with van der Waals surface area (Å²) < 4.78 is 5.38. The van der Waals surface area contributed by atoms with E-state index in [0.29, 0.717) is 11.8 Å². The van der Waals surface area contributed by atoms with Crippen LogP contribution in [-0.4, -0.2) is 46.9 Å². The summed E-state index contributed by atoms with van der Waals surface area (Å²) in [4.78, 5) is 21.1. The Kier molecular flexibility index (Phi) is 3.72. The lowest BCUT2D eigenvalue weighted by Gasteiger charge is -2.34. The molecular formula is C16H19N3O2S. The summed E-state index contributed by atoms with van der Waals surface area (Å²) >= 11 is 1.67. The minimum absolute atomic E-state index is 0.335. The highest BCUT2D eigenvalue weighted by Gasteiger charge is 2.34. The second kappa shape index (κ2) is 5.85. The topological polar surface area (TPSA) is 49.6 Å². The molecule has 0 radical (unpaired) electrons. The number of hydrogen-bond acceptors (Lipinski definition) is 5. The molecule has 2 aromatic rings. The predicted molar refractivity (Wildman–Crippen MR) is 84.4 cm³/mol. The van der Waals surface area contributed by atoms with Crippen molar-refractivity contribution in [3.63, 3.8) is 0 Å². The van der Waals surface area contributed by atoms with Crippen LogP contribution >= 0.6 is 11.3 Å². The molecule has 0 aromatic carbocycles. The van der Waals surface area contributed by atoms with E-state index in [1.54, 1.807) is 17.6 Å². The second-order valence-electron chi connectivity index (χ2n) is 5.98. The summed E-state index contributed by atoms with van der Waals surface area (Å²) in [6.07, 6.45) is 3.85. The third-order valence-electron chi connectivity index (χ3n) is 4.29. The van der Waals surface area contributed by atoms with Gasteiger partial charge in [-0.3, -0.25) is 9.69 Å². The van der Waals surface area contributed by atoms with Gasteiger partial charge >= 0.3 is 0 Å². The molecule has 5 nitrogen and oxygen atoms in total. The van der Waals surface area contributed by atoms with Crippen LogP contribution in [0.1, 0.15) is 17.8 Å². The van der Waals surface area contributed by atoms with Gasteiger partial charge in [0.15, 0.2) is 5.76 Å². The van der Waals surface area contributed by atoms with Gasteiger partial charge < -0.3 is 9.32 Å². The average molecular weight is 317 g/mol. The van der Waals surface area contributed by atoms with Gasteiger partial charge in [0.1, 0.15) is 10.7 Å². The van der Waals surface area contributed by atoms with Crippen LogP contribution in [0.15, 0.2) is 28.2 Å². The number of piperazine rings is 1. The van der Waals surface area contributed by atoms with Crippen LogP contribution in [0.5, 0.6) is 0 Å². The van der Waals surface area contributed by atoms with Gasteiger partial charge in [-0.2, -0.15) is 0 Å². The number of aromatic nitrogens is 1. The molecule has 1 saturated heterocycles. The van der Waals surface area contributed by atoms with E-state index in [9.17, 15) is 4.79 Å². The van der Waals surface area contributed by atoms with Gasteiger partial charge in [0.25, 0.3) is 0 Å². The van der Waals surface area contributed by atoms with Crippen LogP contribution in [0.25, 0.3) is 11.5 Å². The molecule has 22 heavy (non-hydrogen) atoms. The SMILES string of the molecule is O=C(C1CC1)N1CCN(Cc2nc(-c3ccco3)cs2)CC1. The number of carbonyl (C=O) groups excluding carboxylic acids is 1. The zero-order valence-corrected chi connectivity index (χ0v) is 13.2. The molecule has 2 aromatic heterocycles. The second-order valence-corrected chi connectivity index (χ2v) is 6.92. The number of rotatable bonds is 4. The van der Waals surface area contributed by atoms with E-state index in [2.05, 4.69) is 9.88 Å². The third kappa shape index (κ3) is 2.94. The highest BCUT2D eigenvalue weighted by atomic mass is 32.1. The predicted octanol–water partition coefficient (Wildman–Crippen LogP) is 2.46. The number of hydrogen-bond donors (Lipinski definition) is 0. The number of furan rings is 1. The van der Waals surface area contributed by atoms with Gasteiger partial charge in [-0.15, -0.1) is 11.3 Å². The lowest BCUT2D eigenvalue weighted by atomic mass is 10.2. The molecule has 3 heterocycles. The Balaban J connectivity index is 1.32. The zero-order valence-electron chi connectivity index (χ0n) is 12.4. The normalized spacial score (nSPS) is 19.5. The average Bonchev–Trinajstić information content (AvgIpc) is 3.05. The van der Waals surface area contributed by atoms with Crippen LogP contribution in [0.4, 0.5) is 0 Å². The fourth-order valence-corrected chi connectivity index (χ4v) is 3.65. The van der Waals surface area contributed by atoms with Gasteiger partial charge in [0, 0.05) is 37.5 Å². The Morgan fingerprint density at radius 2 is 2.14 bits per heavy atom. The van der Waals surface area contributed by atoms with E-state index in [4.69, 9.17) is 4.42 Å². The van der Waals surface area contributed by atoms with Crippen molar-refractivity contribution in [3.8, 4) is 11.5 Å². The molecule has 6 heteroatoms. The van der Waals surface area contributed by atoms with Gasteiger partial charge in [0.2, 0.25) is 5.91 Å². The molecule has 0 N–H and O–H groups in total. The minimum atomic E-state index is 0.335. The van der Waals surface area contributed by atoms with E-state index in [-0.39, 0.29) is 0 Å². The largest absolute Gasteiger partial charge is 0.463 e. The number of nitrogens with zero attached hydrogens (tertiary/aromatic N) is 3. The highest BCUT2D eigenvalue weighted by Crippen LogP contribution is 2.31. The van der Waals surface area contributed by atoms with Crippen molar-refractivity contribution in [2.45, 2.75) is 19.4 Å². The summed E-state index contributed by atoms with van der Waals surface area (Å²) in [6.45, 7) is 4.44. The summed E-state index contributed by atoms with van der Waals surface area (Å²) in [5, 5.41) is 3.15. The van der Waals surface area contributed by atoms with Gasteiger partial charge in [-0.25, -0.2) is 4.98 Å². The Bertz CT molecular complexity index is 640. The van der Waals surface area contributed by atoms with E-state index in [1.165, 1.54) is 0 Å². The Hall–Kier alpha value is -1.66. The van der Waals surface area contributed by atoms with Gasteiger partial charge in [0.05, 0.1) is 12.8 Å². The summed E-state index contributed by atoms with van der Waals surface area (Å²) in [5.74, 6) is 1.53. The highest BCUT2D eigenvalue weighted by molar-refractivity contribution is 7.09. The van der Waals surface area contributed by atoms with E-state index < -0.39 is 0 Å². The lowest BCUT2D eigenvalue weighted by Crippen LogP contribution is -2.48. The molecule has 0 unspecified atom stereocenters. The van der Waals surface area contributed by atoms with Crippen molar-refractivity contribution in [1.29, 1.82) is 0 Å². The summed E-state index contributed by atoms with van der Waals surface area (Å²) in [7, 11) is 0. The first kappa shape index (κ1) is 14.0. The van der Waals surface area contributed by atoms with Crippen LogP contribution < -0.4 is 0 Å². The number of amides is 1. The van der Waals surface area contributed by atoms with Crippen molar-refractivity contribution in [2.75, 3.05) is 26.2 Å². The van der Waals surface area contributed by atoms with Crippen molar-refractivity contribution in [3.05, 3.63) is 28.8 Å². The van der Waals surface area contributed by atoms with Crippen LogP contribution in [0, 0.1) is 5.92 Å². The first-order valence-electron chi connectivity index (χ1n) is 7.79. The molecule has 2 aliphatic rings. The Morgan fingerprint density at radius 3 is 2.82 bits per heavy atom. The molecule has 1 aliphatic carbocycles. The fraction of sp³-hybridized carbons (Fsp3) is 0.500. The Labute approximate surface area is 133 Å². The van der Waals surface area contributed by atoms with Crippen molar-refractivity contribution >= 4 is 17.2 Å². The first-order valence-corrected chi connectivity index (χ1v) is 8.67. The molecule has 1 aliphatic heterocycles. The van der Waals surface area contributed by atoms with Crippen LogP contribution in [-0.2, 0) is 11.3 Å². The van der Waals surface area contributed by atoms with Crippen LogP contribution in [0.3, 0.4) is 0 Å². The van der Waals surface area contributed by atoms with E-state index in [1.807, 2.05) is 22.4 Å². The lowest BCUT2D eigenvalue weighted by molar-refractivity contribution is -0.134. The van der Waals surface area contributed by atoms with E-state index >= 15 is 0 Å². The Morgan fingerprint density at radius 1 is 1.32 bits per heavy atom. The van der Waals surface area contributed by atoms with Crippen molar-refractivity contribution in [2.24, 2.45) is 5.92 Å². The molecule has 0 atom stereocenters. The quantitative estimate of drug-likeness (QED) is 0.869. The van der Waals surface area contributed by atoms with E-state index in [0.717, 1.165) is 62.0 Å². The van der Waals surface area contributed by atoms with Crippen LogP contribution in [0.2, 0.25) is 0 Å². The standard InChI is InChI=1S/C16H19N3O2S/c20-16(12-3-4-12)19-7-5-18(6-8-19)10-15-17-13(11-22-15)14-2-1-9-21-14/h1-2,9,11-12H,3-8,10H2. The minimum Gasteiger partial charge on any atom is -0.463 e. The molecule has 1 saturated carbocycles. The van der Waals surface area contributed by atoms with Gasteiger partial charge in [-0.1, -0.05) is 0 Å². The third-order valence-corrected chi connectivity index (χ3v) is 5.13. The molecule has 0 spiro atoms. The molecule has 116 valence electrons. The maximum atomic E-state index is 12.0. The van der Waals surface area contributed by atoms with Gasteiger partial charge in [-0.05, 0) is 25.0 Å². The summed E-state index contributed by atoms with van der Waals surface area (Å²) in [5.41, 5.74) is 0.910. The molecule has 0 bridgehead atoms. The number of carbonyl (C=O) groups is 1. The molecule has 1 amide bonds.